The van der Waals surface area contributed by atoms with Gasteiger partial charge in [0.05, 0.1) is 17.8 Å². The van der Waals surface area contributed by atoms with E-state index in [0.717, 1.165) is 49.6 Å². The number of benzene rings is 1. The smallest absolute Gasteiger partial charge is 0.232 e. The number of aromatic nitrogens is 2. The summed E-state index contributed by atoms with van der Waals surface area (Å²) < 4.78 is 6.05. The van der Waals surface area contributed by atoms with Crippen molar-refractivity contribution >= 4 is 27.8 Å². The molecule has 28 heavy (non-hydrogen) atoms. The summed E-state index contributed by atoms with van der Waals surface area (Å²) in [5, 5.41) is 3.56. The number of halogens is 1. The molecule has 1 fully saturated rings. The molecule has 1 aromatic heterocycles. The number of hydrogen-bond acceptors (Lipinski definition) is 5. The second-order valence-corrected chi connectivity index (χ2v) is 7.88. The minimum Gasteiger partial charge on any atom is -0.480 e. The van der Waals surface area contributed by atoms with Crippen LogP contribution >= 0.6 is 15.9 Å². The van der Waals surface area contributed by atoms with Gasteiger partial charge in [-0.2, -0.15) is 4.98 Å². The van der Waals surface area contributed by atoms with E-state index in [1.807, 2.05) is 7.05 Å². The predicted molar refractivity (Wildman–Crippen MR) is 114 cm³/mol. The van der Waals surface area contributed by atoms with Crippen LogP contribution in [0, 0.1) is 0 Å². The van der Waals surface area contributed by atoms with Gasteiger partial charge in [-0.15, -0.1) is 0 Å². The van der Waals surface area contributed by atoms with Crippen LogP contribution in [0.3, 0.4) is 0 Å². The molecule has 1 aromatic carbocycles. The molecule has 7 nitrogen and oxygen atoms in total. The highest BCUT2D eigenvalue weighted by Crippen LogP contribution is 2.34. The Balaban J connectivity index is 1.31. The van der Waals surface area contributed by atoms with Crippen LogP contribution in [0.5, 0.6) is 5.88 Å². The number of aliphatic imine (C=N–C) groups is 1. The lowest BCUT2D eigenvalue weighted by molar-refractivity contribution is 0.364. The van der Waals surface area contributed by atoms with Gasteiger partial charge in [0.1, 0.15) is 0 Å². The van der Waals surface area contributed by atoms with Gasteiger partial charge in [0.15, 0.2) is 5.96 Å². The summed E-state index contributed by atoms with van der Waals surface area (Å²) in [7, 11) is 3.47. The van der Waals surface area contributed by atoms with Gasteiger partial charge in [0, 0.05) is 45.7 Å². The molecular weight excluding hydrogens is 420 g/mol. The van der Waals surface area contributed by atoms with Crippen LogP contribution < -0.4 is 15.0 Å². The van der Waals surface area contributed by atoms with Gasteiger partial charge in [0.2, 0.25) is 11.8 Å². The zero-order chi connectivity index (χ0) is 19.5. The molecule has 1 aliphatic carbocycles. The van der Waals surface area contributed by atoms with Crippen molar-refractivity contribution in [3.63, 3.8) is 0 Å². The van der Waals surface area contributed by atoms with Crippen molar-refractivity contribution in [3.8, 4) is 5.88 Å². The summed E-state index contributed by atoms with van der Waals surface area (Å²) in [6, 6.07) is 8.70. The maximum Gasteiger partial charge on any atom is 0.232 e. The Bertz CT molecular complexity index is 866. The van der Waals surface area contributed by atoms with Crippen molar-refractivity contribution < 1.29 is 4.74 Å². The SMILES string of the molecule is CN=C(NCC1Cc2ccccc21)N1CCN(c2ncc(Br)c(OC)n2)CC1. The standard InChI is InChI=1S/C20H25BrN6O/c1-22-19(23-12-15-11-14-5-3-4-6-16(14)15)26-7-9-27(10-8-26)20-24-13-17(21)18(25-20)28-2/h3-6,13,15H,7-12H2,1-2H3,(H,22,23). The average Bonchev–Trinajstić information content (AvgIpc) is 2.72. The summed E-state index contributed by atoms with van der Waals surface area (Å²) in [6.07, 6.45) is 2.89. The highest BCUT2D eigenvalue weighted by Gasteiger charge is 2.27. The Morgan fingerprint density at radius 2 is 2.07 bits per heavy atom. The Kier molecular flexibility index (Phi) is 5.66. The lowest BCUT2D eigenvalue weighted by Gasteiger charge is -2.37. The van der Waals surface area contributed by atoms with Gasteiger partial charge in [-0.1, -0.05) is 24.3 Å². The van der Waals surface area contributed by atoms with Gasteiger partial charge in [0.25, 0.3) is 0 Å². The number of ether oxygens (including phenoxy) is 1. The summed E-state index contributed by atoms with van der Waals surface area (Å²) in [5.74, 6) is 2.82. The Morgan fingerprint density at radius 1 is 1.29 bits per heavy atom. The van der Waals surface area contributed by atoms with E-state index >= 15 is 0 Å². The van der Waals surface area contributed by atoms with E-state index in [2.05, 4.69) is 70.3 Å². The molecule has 1 N–H and O–H groups in total. The Hall–Kier alpha value is -2.35. The topological polar surface area (TPSA) is 65.9 Å². The molecule has 1 unspecified atom stereocenters. The molecule has 1 saturated heterocycles. The summed E-state index contributed by atoms with van der Waals surface area (Å²) in [5.41, 5.74) is 2.94. The number of methoxy groups -OCH3 is 1. The van der Waals surface area contributed by atoms with Gasteiger partial charge in [-0.3, -0.25) is 4.99 Å². The first-order valence-corrected chi connectivity index (χ1v) is 10.3. The number of piperazine rings is 1. The van der Waals surface area contributed by atoms with Crippen molar-refractivity contribution in [3.05, 3.63) is 46.1 Å². The first-order chi connectivity index (χ1) is 13.7. The Morgan fingerprint density at radius 3 is 2.79 bits per heavy atom. The molecule has 148 valence electrons. The quantitative estimate of drug-likeness (QED) is 0.576. The van der Waals surface area contributed by atoms with E-state index in [-0.39, 0.29) is 0 Å². The molecule has 2 aliphatic rings. The van der Waals surface area contributed by atoms with E-state index < -0.39 is 0 Å². The van der Waals surface area contributed by atoms with Crippen LogP contribution in [0.25, 0.3) is 0 Å². The number of fused-ring (bicyclic) bond motifs is 1. The van der Waals surface area contributed by atoms with Crippen LogP contribution in [0.2, 0.25) is 0 Å². The molecule has 0 amide bonds. The van der Waals surface area contributed by atoms with E-state index in [0.29, 0.717) is 17.7 Å². The number of nitrogens with zero attached hydrogens (tertiary/aromatic N) is 5. The zero-order valence-corrected chi connectivity index (χ0v) is 17.8. The van der Waals surface area contributed by atoms with Gasteiger partial charge in [-0.05, 0) is 33.5 Å². The fourth-order valence-corrected chi connectivity index (χ4v) is 4.20. The van der Waals surface area contributed by atoms with Crippen molar-refractivity contribution in [1.82, 2.24) is 20.2 Å². The maximum absolute atomic E-state index is 5.28. The summed E-state index contributed by atoms with van der Waals surface area (Å²) in [4.78, 5) is 17.9. The number of nitrogens with one attached hydrogen (secondary N) is 1. The van der Waals surface area contributed by atoms with Crippen LogP contribution in [-0.4, -0.2) is 67.7 Å². The minimum atomic E-state index is 0.561. The summed E-state index contributed by atoms with van der Waals surface area (Å²) >= 11 is 3.40. The molecule has 1 aliphatic heterocycles. The molecular formula is C20H25BrN6O. The third-order valence-electron chi connectivity index (χ3n) is 5.43. The third-order valence-corrected chi connectivity index (χ3v) is 5.98. The van der Waals surface area contributed by atoms with Gasteiger partial charge >= 0.3 is 0 Å². The number of rotatable bonds is 4. The number of guanidine groups is 1. The van der Waals surface area contributed by atoms with E-state index in [1.54, 1.807) is 13.3 Å². The van der Waals surface area contributed by atoms with E-state index in [9.17, 15) is 0 Å². The predicted octanol–water partition coefficient (Wildman–Crippen LogP) is 2.29. The zero-order valence-electron chi connectivity index (χ0n) is 16.2. The van der Waals surface area contributed by atoms with Crippen molar-refractivity contribution in [2.24, 2.45) is 4.99 Å². The lowest BCUT2D eigenvalue weighted by atomic mass is 9.78. The van der Waals surface area contributed by atoms with Crippen molar-refractivity contribution in [1.29, 1.82) is 0 Å². The largest absolute Gasteiger partial charge is 0.480 e. The number of anilines is 1. The highest BCUT2D eigenvalue weighted by molar-refractivity contribution is 9.10. The monoisotopic (exact) mass is 444 g/mol. The Labute approximate surface area is 174 Å². The molecule has 8 heteroatoms. The molecule has 2 heterocycles. The fraction of sp³-hybridized carbons (Fsp3) is 0.450. The van der Waals surface area contributed by atoms with E-state index in [1.165, 1.54) is 11.1 Å². The highest BCUT2D eigenvalue weighted by atomic mass is 79.9. The van der Waals surface area contributed by atoms with Crippen LogP contribution in [0.4, 0.5) is 5.95 Å². The normalized spacial score (nSPS) is 19.1. The molecule has 2 aromatic rings. The maximum atomic E-state index is 5.28. The van der Waals surface area contributed by atoms with Crippen LogP contribution in [-0.2, 0) is 6.42 Å². The molecule has 0 bridgehead atoms. The first kappa shape index (κ1) is 19.0. The summed E-state index contributed by atoms with van der Waals surface area (Å²) in [6.45, 7) is 4.37. The van der Waals surface area contributed by atoms with Gasteiger partial charge in [-0.25, -0.2) is 4.98 Å². The van der Waals surface area contributed by atoms with Crippen molar-refractivity contribution in [2.45, 2.75) is 12.3 Å². The number of hydrogen-bond donors (Lipinski definition) is 1. The fourth-order valence-electron chi connectivity index (χ4n) is 3.85. The second kappa shape index (κ2) is 8.34. The molecule has 4 rings (SSSR count). The molecule has 0 spiro atoms. The molecule has 0 radical (unpaired) electrons. The first-order valence-electron chi connectivity index (χ1n) is 9.54. The van der Waals surface area contributed by atoms with Crippen molar-refractivity contribution in [2.75, 3.05) is 51.8 Å². The second-order valence-electron chi connectivity index (χ2n) is 7.03. The minimum absolute atomic E-state index is 0.561. The van der Waals surface area contributed by atoms with Crippen LogP contribution in [0.1, 0.15) is 17.0 Å². The molecule has 1 atom stereocenters. The lowest BCUT2D eigenvalue weighted by Crippen LogP contribution is -2.53. The van der Waals surface area contributed by atoms with Gasteiger partial charge < -0.3 is 19.9 Å². The third kappa shape index (κ3) is 3.78. The van der Waals surface area contributed by atoms with Crippen LogP contribution in [0.15, 0.2) is 39.9 Å². The van der Waals surface area contributed by atoms with E-state index in [4.69, 9.17) is 4.74 Å². The average molecular weight is 445 g/mol. The molecule has 0 saturated carbocycles.